The quantitative estimate of drug-likeness (QED) is 0.538. The van der Waals surface area contributed by atoms with Crippen LogP contribution in [0.1, 0.15) is 34.3 Å². The van der Waals surface area contributed by atoms with Crippen molar-refractivity contribution in [3.05, 3.63) is 65.7 Å². The Balaban J connectivity index is 1.42. The van der Waals surface area contributed by atoms with E-state index >= 15 is 0 Å². The maximum absolute atomic E-state index is 13.2. The van der Waals surface area contributed by atoms with E-state index in [1.807, 2.05) is 31.2 Å². The molecule has 2 atom stereocenters. The van der Waals surface area contributed by atoms with Gasteiger partial charge in [0.2, 0.25) is 5.88 Å². The largest absolute Gasteiger partial charge is 0.488 e. The van der Waals surface area contributed by atoms with Gasteiger partial charge >= 0.3 is 6.09 Å². The highest BCUT2D eigenvalue weighted by atomic mass is 16.6. The standard InChI is InChI=1S/C26H27N5O5/c1-16-3-5-17(6-4-16)11-29-24(32)21-10-22(23(30-25(21)34-2)18-12-27-15-28-13-18)36-20-7-8-31-19(9-20)14-35-26(31)33/h3-6,10,12-13,15,19-20H,7-9,11,14H2,1-2H3,(H,29,32)/t19-,20-/m0/s1. The third-order valence-corrected chi connectivity index (χ3v) is 6.39. The topological polar surface area (TPSA) is 116 Å². The molecular formula is C26H27N5O5. The predicted molar refractivity (Wildman–Crippen MR) is 130 cm³/mol. The van der Waals surface area contributed by atoms with Crippen molar-refractivity contribution in [2.24, 2.45) is 0 Å². The van der Waals surface area contributed by atoms with Crippen LogP contribution in [0.2, 0.25) is 0 Å². The summed E-state index contributed by atoms with van der Waals surface area (Å²) in [5, 5.41) is 2.93. The van der Waals surface area contributed by atoms with Crippen LogP contribution in [-0.2, 0) is 11.3 Å². The van der Waals surface area contributed by atoms with Gasteiger partial charge in [-0.2, -0.15) is 0 Å². The van der Waals surface area contributed by atoms with Gasteiger partial charge in [0, 0.05) is 50.0 Å². The highest BCUT2D eigenvalue weighted by molar-refractivity contribution is 5.97. The molecule has 2 saturated heterocycles. The van der Waals surface area contributed by atoms with E-state index in [1.165, 1.54) is 13.4 Å². The third-order valence-electron chi connectivity index (χ3n) is 6.39. The molecule has 2 aliphatic rings. The summed E-state index contributed by atoms with van der Waals surface area (Å²) in [6, 6.07) is 9.58. The van der Waals surface area contributed by atoms with Gasteiger partial charge in [0.05, 0.1) is 13.2 Å². The number of cyclic esters (lactones) is 1. The number of methoxy groups -OCH3 is 1. The van der Waals surface area contributed by atoms with Crippen molar-refractivity contribution in [2.45, 2.75) is 38.5 Å². The second-order valence-electron chi connectivity index (χ2n) is 8.88. The number of fused-ring (bicyclic) bond motifs is 1. The van der Waals surface area contributed by atoms with Crippen molar-refractivity contribution in [1.82, 2.24) is 25.2 Å². The maximum atomic E-state index is 13.2. The fourth-order valence-electron chi connectivity index (χ4n) is 4.45. The number of aromatic nitrogens is 3. The minimum atomic E-state index is -0.328. The first-order valence-electron chi connectivity index (χ1n) is 11.8. The molecule has 0 bridgehead atoms. The van der Waals surface area contributed by atoms with Gasteiger partial charge in [-0.3, -0.25) is 4.79 Å². The first-order valence-corrected chi connectivity index (χ1v) is 11.8. The number of nitrogens with zero attached hydrogens (tertiary/aromatic N) is 4. The van der Waals surface area contributed by atoms with Gasteiger partial charge in [-0.05, 0) is 12.5 Å². The molecule has 0 spiro atoms. The molecule has 10 nitrogen and oxygen atoms in total. The van der Waals surface area contributed by atoms with Crippen molar-refractivity contribution in [2.75, 3.05) is 20.3 Å². The van der Waals surface area contributed by atoms with Crippen LogP contribution in [0, 0.1) is 6.92 Å². The van der Waals surface area contributed by atoms with Gasteiger partial charge < -0.3 is 24.4 Å². The van der Waals surface area contributed by atoms with Crippen molar-refractivity contribution >= 4 is 12.0 Å². The van der Waals surface area contributed by atoms with Gasteiger partial charge in [-0.1, -0.05) is 29.8 Å². The summed E-state index contributed by atoms with van der Waals surface area (Å²) >= 11 is 0. The fraction of sp³-hybridized carbons (Fsp3) is 0.346. The third kappa shape index (κ3) is 4.93. The van der Waals surface area contributed by atoms with Crippen LogP contribution >= 0.6 is 0 Å². The minimum absolute atomic E-state index is 0.0248. The van der Waals surface area contributed by atoms with E-state index in [0.717, 1.165) is 11.1 Å². The van der Waals surface area contributed by atoms with Crippen LogP contribution in [0.5, 0.6) is 11.6 Å². The number of aryl methyl sites for hydroxylation is 1. The summed E-state index contributed by atoms with van der Waals surface area (Å²) in [5.41, 5.74) is 3.50. The van der Waals surface area contributed by atoms with Crippen molar-refractivity contribution < 1.29 is 23.8 Å². The summed E-state index contributed by atoms with van der Waals surface area (Å²) in [6.45, 7) is 3.28. The highest BCUT2D eigenvalue weighted by Gasteiger charge is 2.39. The fourth-order valence-corrected chi connectivity index (χ4v) is 4.45. The molecule has 4 heterocycles. The van der Waals surface area contributed by atoms with E-state index in [1.54, 1.807) is 23.4 Å². The summed E-state index contributed by atoms with van der Waals surface area (Å²) in [4.78, 5) is 39.6. The molecule has 2 aliphatic heterocycles. The highest BCUT2D eigenvalue weighted by Crippen LogP contribution is 2.35. The molecule has 0 aliphatic carbocycles. The molecule has 3 aromatic rings. The SMILES string of the molecule is COc1nc(-c2cncnc2)c(O[C@H]2CCN3C(=O)OC[C@@H]3C2)cc1C(=O)NCc1ccc(C)cc1. The van der Waals surface area contributed by atoms with Gasteiger partial charge in [-0.25, -0.2) is 19.7 Å². The van der Waals surface area contributed by atoms with Gasteiger partial charge in [0.15, 0.2) is 0 Å². The number of carbonyl (C=O) groups excluding carboxylic acids is 2. The molecule has 5 rings (SSSR count). The molecule has 1 aromatic carbocycles. The van der Waals surface area contributed by atoms with Crippen LogP contribution in [0.25, 0.3) is 11.3 Å². The molecule has 36 heavy (non-hydrogen) atoms. The first kappa shape index (κ1) is 23.5. The molecule has 2 amide bonds. The van der Waals surface area contributed by atoms with Crippen molar-refractivity contribution in [1.29, 1.82) is 0 Å². The number of ether oxygens (including phenoxy) is 3. The maximum Gasteiger partial charge on any atom is 0.410 e. The van der Waals surface area contributed by atoms with Crippen molar-refractivity contribution in [3.8, 4) is 22.9 Å². The average molecular weight is 490 g/mol. The monoisotopic (exact) mass is 489 g/mol. The smallest absolute Gasteiger partial charge is 0.410 e. The Kier molecular flexibility index (Phi) is 6.66. The Morgan fingerprint density at radius 2 is 2.00 bits per heavy atom. The second kappa shape index (κ2) is 10.2. The lowest BCUT2D eigenvalue weighted by atomic mass is 10.0. The molecule has 0 saturated carbocycles. The minimum Gasteiger partial charge on any atom is -0.488 e. The second-order valence-corrected chi connectivity index (χ2v) is 8.88. The Labute approximate surface area is 208 Å². The molecular weight excluding hydrogens is 462 g/mol. The molecule has 0 unspecified atom stereocenters. The zero-order valence-electron chi connectivity index (χ0n) is 20.1. The summed E-state index contributed by atoms with van der Waals surface area (Å²) in [6.07, 6.45) is 5.49. The average Bonchev–Trinajstić information content (AvgIpc) is 3.28. The summed E-state index contributed by atoms with van der Waals surface area (Å²) in [5.74, 6) is 0.271. The summed E-state index contributed by atoms with van der Waals surface area (Å²) in [7, 11) is 1.47. The molecule has 1 N–H and O–H groups in total. The molecule has 2 fully saturated rings. The van der Waals surface area contributed by atoms with Gasteiger partial charge in [0.1, 0.15) is 36.0 Å². The van der Waals surface area contributed by atoms with Crippen LogP contribution < -0.4 is 14.8 Å². The van der Waals surface area contributed by atoms with Crippen LogP contribution in [0.3, 0.4) is 0 Å². The van der Waals surface area contributed by atoms with Crippen LogP contribution in [0.4, 0.5) is 4.79 Å². The lowest BCUT2D eigenvalue weighted by molar-refractivity contribution is 0.0913. The lowest BCUT2D eigenvalue weighted by Gasteiger charge is -2.33. The van der Waals surface area contributed by atoms with E-state index in [9.17, 15) is 9.59 Å². The van der Waals surface area contributed by atoms with Crippen molar-refractivity contribution in [3.63, 3.8) is 0 Å². The zero-order valence-corrected chi connectivity index (χ0v) is 20.1. The van der Waals surface area contributed by atoms with E-state index in [0.29, 0.717) is 49.5 Å². The predicted octanol–water partition coefficient (Wildman–Crippen LogP) is 3.15. The van der Waals surface area contributed by atoms with Gasteiger partial charge in [-0.15, -0.1) is 0 Å². The summed E-state index contributed by atoms with van der Waals surface area (Å²) < 4.78 is 17.1. The number of piperidine rings is 1. The molecule has 2 aromatic heterocycles. The number of rotatable bonds is 7. The molecule has 0 radical (unpaired) electrons. The molecule has 10 heteroatoms. The van der Waals surface area contributed by atoms with Crippen LogP contribution in [0.15, 0.2) is 49.1 Å². The Morgan fingerprint density at radius 3 is 2.75 bits per heavy atom. The number of carbonyl (C=O) groups is 2. The zero-order chi connectivity index (χ0) is 25.1. The van der Waals surface area contributed by atoms with E-state index in [2.05, 4.69) is 20.3 Å². The lowest BCUT2D eigenvalue weighted by Crippen LogP contribution is -2.44. The Hall–Kier alpha value is -4.21. The first-order chi connectivity index (χ1) is 17.5. The molecule has 186 valence electrons. The number of hydrogen-bond donors (Lipinski definition) is 1. The Morgan fingerprint density at radius 1 is 1.22 bits per heavy atom. The van der Waals surface area contributed by atoms with Crippen LogP contribution in [-0.4, -0.2) is 64.3 Å². The number of benzene rings is 1. The van der Waals surface area contributed by atoms with E-state index in [4.69, 9.17) is 14.2 Å². The Bertz CT molecular complexity index is 1250. The number of pyridine rings is 1. The van der Waals surface area contributed by atoms with Gasteiger partial charge in [0.25, 0.3) is 5.91 Å². The normalized spacial score (nSPS) is 18.8. The van der Waals surface area contributed by atoms with E-state index < -0.39 is 0 Å². The van der Waals surface area contributed by atoms with E-state index in [-0.39, 0.29) is 35.6 Å². The number of nitrogens with one attached hydrogen (secondary N) is 1. The number of amides is 2. The number of hydrogen-bond acceptors (Lipinski definition) is 8.